The average Bonchev–Trinajstić information content (AvgIpc) is 3.30. The van der Waals surface area contributed by atoms with Gasteiger partial charge in [-0.15, -0.1) is 0 Å². The number of carbonyl (C=O) groups excluding carboxylic acids is 2. The molecular weight excluding hydrogens is 414 g/mol. The fourth-order valence-corrected chi connectivity index (χ4v) is 3.89. The molecule has 2 heterocycles. The molecule has 7 heteroatoms. The molecule has 31 heavy (non-hydrogen) atoms. The molecule has 158 valence electrons. The highest BCUT2D eigenvalue weighted by Crippen LogP contribution is 2.33. The molecule has 0 saturated carbocycles. The zero-order valence-corrected chi connectivity index (χ0v) is 17.6. The number of nitrogens with zero attached hydrogens (tertiary/aromatic N) is 2. The van der Waals surface area contributed by atoms with E-state index in [1.165, 1.54) is 4.90 Å². The van der Waals surface area contributed by atoms with Crippen molar-refractivity contribution in [2.75, 3.05) is 11.9 Å². The van der Waals surface area contributed by atoms with Crippen molar-refractivity contribution in [2.45, 2.75) is 25.5 Å². The lowest BCUT2D eigenvalue weighted by Gasteiger charge is -2.24. The quantitative estimate of drug-likeness (QED) is 0.563. The van der Waals surface area contributed by atoms with Crippen molar-refractivity contribution in [3.63, 3.8) is 0 Å². The minimum Gasteiger partial charge on any atom is -0.445 e. The molecule has 1 aromatic heterocycles. The van der Waals surface area contributed by atoms with E-state index in [4.69, 9.17) is 16.3 Å². The van der Waals surface area contributed by atoms with E-state index in [1.807, 2.05) is 60.7 Å². The highest BCUT2D eigenvalue weighted by atomic mass is 35.5. The molecule has 2 amide bonds. The summed E-state index contributed by atoms with van der Waals surface area (Å²) in [6, 6.07) is 20.2. The SMILES string of the molecule is O=C(Nc1c(-c2ccccc2)ccnc1Cl)C1CCCN1C(=O)OCc1ccccc1. The first-order chi connectivity index (χ1) is 15.1. The van der Waals surface area contributed by atoms with Crippen molar-refractivity contribution in [3.8, 4) is 11.1 Å². The molecule has 2 aromatic carbocycles. The molecule has 1 unspecified atom stereocenters. The third-order valence-corrected chi connectivity index (χ3v) is 5.52. The number of hydrogen-bond acceptors (Lipinski definition) is 4. The molecule has 6 nitrogen and oxygen atoms in total. The molecule has 0 aliphatic carbocycles. The van der Waals surface area contributed by atoms with Gasteiger partial charge in [-0.1, -0.05) is 72.3 Å². The van der Waals surface area contributed by atoms with Gasteiger partial charge in [0.25, 0.3) is 0 Å². The van der Waals surface area contributed by atoms with Crippen LogP contribution in [0, 0.1) is 0 Å². The number of benzene rings is 2. The molecule has 3 aromatic rings. The Morgan fingerprint density at radius 2 is 1.77 bits per heavy atom. The number of nitrogens with one attached hydrogen (secondary N) is 1. The van der Waals surface area contributed by atoms with Crippen LogP contribution in [0.4, 0.5) is 10.5 Å². The number of anilines is 1. The smallest absolute Gasteiger partial charge is 0.410 e. The van der Waals surface area contributed by atoms with Gasteiger partial charge in [-0.3, -0.25) is 9.69 Å². The Kier molecular flexibility index (Phi) is 6.48. The van der Waals surface area contributed by atoms with Crippen LogP contribution in [-0.4, -0.2) is 34.5 Å². The molecule has 1 atom stereocenters. The number of halogens is 1. The summed E-state index contributed by atoms with van der Waals surface area (Å²) in [6.07, 6.45) is 2.39. The first kappa shape index (κ1) is 20.9. The molecule has 1 N–H and O–H groups in total. The van der Waals surface area contributed by atoms with Crippen molar-refractivity contribution < 1.29 is 14.3 Å². The second-order valence-corrected chi connectivity index (χ2v) is 7.63. The van der Waals surface area contributed by atoms with E-state index in [-0.39, 0.29) is 17.7 Å². The summed E-state index contributed by atoms with van der Waals surface area (Å²) in [5.74, 6) is -0.304. The van der Waals surface area contributed by atoms with E-state index in [0.717, 1.165) is 23.1 Å². The van der Waals surface area contributed by atoms with E-state index >= 15 is 0 Å². The standard InChI is InChI=1S/C24H22ClN3O3/c25-22-21(19(13-14-26-22)18-10-5-2-6-11-18)27-23(29)20-12-7-15-28(20)24(30)31-16-17-8-3-1-4-9-17/h1-6,8-11,13-14,20H,7,12,15-16H2,(H,27,29). The molecule has 0 spiro atoms. The molecule has 1 fully saturated rings. The third-order valence-electron chi connectivity index (χ3n) is 5.23. The maximum atomic E-state index is 13.1. The minimum atomic E-state index is -0.622. The van der Waals surface area contributed by atoms with E-state index in [2.05, 4.69) is 10.3 Å². The Balaban J connectivity index is 1.48. The van der Waals surface area contributed by atoms with Crippen molar-refractivity contribution >= 4 is 29.3 Å². The summed E-state index contributed by atoms with van der Waals surface area (Å²) in [5, 5.41) is 3.09. The van der Waals surface area contributed by atoms with Gasteiger partial charge in [0, 0.05) is 18.3 Å². The Bertz CT molecular complexity index is 1060. The van der Waals surface area contributed by atoms with E-state index in [0.29, 0.717) is 18.7 Å². The van der Waals surface area contributed by atoms with Gasteiger partial charge in [0.2, 0.25) is 5.91 Å². The molecule has 1 saturated heterocycles. The summed E-state index contributed by atoms with van der Waals surface area (Å²) >= 11 is 6.32. The monoisotopic (exact) mass is 435 g/mol. The highest BCUT2D eigenvalue weighted by molar-refractivity contribution is 6.33. The predicted octanol–water partition coefficient (Wildman–Crippen LogP) is 5.14. The third kappa shape index (κ3) is 4.86. The van der Waals surface area contributed by atoms with Crippen LogP contribution >= 0.6 is 11.6 Å². The lowest BCUT2D eigenvalue weighted by Crippen LogP contribution is -2.43. The topological polar surface area (TPSA) is 71.5 Å². The first-order valence-corrected chi connectivity index (χ1v) is 10.5. The zero-order chi connectivity index (χ0) is 21.6. The van der Waals surface area contributed by atoms with Gasteiger partial charge >= 0.3 is 6.09 Å². The van der Waals surface area contributed by atoms with Crippen LogP contribution in [0.1, 0.15) is 18.4 Å². The lowest BCUT2D eigenvalue weighted by atomic mass is 10.1. The highest BCUT2D eigenvalue weighted by Gasteiger charge is 2.35. The maximum absolute atomic E-state index is 13.1. The predicted molar refractivity (Wildman–Crippen MR) is 120 cm³/mol. The van der Waals surface area contributed by atoms with Crippen molar-refractivity contribution in [3.05, 3.63) is 83.6 Å². The van der Waals surface area contributed by atoms with Crippen molar-refractivity contribution in [1.82, 2.24) is 9.88 Å². The zero-order valence-electron chi connectivity index (χ0n) is 16.8. The Labute approximate surface area is 185 Å². The van der Waals surface area contributed by atoms with Crippen LogP contribution in [0.5, 0.6) is 0 Å². The average molecular weight is 436 g/mol. The fraction of sp³-hybridized carbons (Fsp3) is 0.208. The number of hydrogen-bond donors (Lipinski definition) is 1. The molecule has 0 radical (unpaired) electrons. The number of likely N-dealkylation sites (tertiary alicyclic amines) is 1. The number of rotatable bonds is 5. The molecule has 1 aliphatic rings. The van der Waals surface area contributed by atoms with Gasteiger partial charge in [-0.25, -0.2) is 9.78 Å². The lowest BCUT2D eigenvalue weighted by molar-refractivity contribution is -0.120. The van der Waals surface area contributed by atoms with Crippen molar-refractivity contribution in [1.29, 1.82) is 0 Å². The second-order valence-electron chi connectivity index (χ2n) is 7.27. The summed E-state index contributed by atoms with van der Waals surface area (Å²) in [7, 11) is 0. The number of pyridine rings is 1. The molecule has 0 bridgehead atoms. The summed E-state index contributed by atoms with van der Waals surface area (Å²) in [4.78, 5) is 31.3. The summed E-state index contributed by atoms with van der Waals surface area (Å²) < 4.78 is 5.43. The van der Waals surface area contributed by atoms with Crippen LogP contribution in [-0.2, 0) is 16.1 Å². The minimum absolute atomic E-state index is 0.164. The number of aromatic nitrogens is 1. The Hall–Kier alpha value is -3.38. The van der Waals surface area contributed by atoms with Gasteiger partial charge in [0.05, 0.1) is 5.69 Å². The van der Waals surface area contributed by atoms with Gasteiger partial charge in [0.1, 0.15) is 12.6 Å². The van der Waals surface area contributed by atoms with E-state index < -0.39 is 12.1 Å². The van der Waals surface area contributed by atoms with Crippen LogP contribution in [0.15, 0.2) is 72.9 Å². The van der Waals surface area contributed by atoms with Gasteiger partial charge in [-0.2, -0.15) is 0 Å². The van der Waals surface area contributed by atoms with Crippen LogP contribution in [0.3, 0.4) is 0 Å². The van der Waals surface area contributed by atoms with Crippen LogP contribution in [0.25, 0.3) is 11.1 Å². The maximum Gasteiger partial charge on any atom is 0.410 e. The Morgan fingerprint density at radius 1 is 1.06 bits per heavy atom. The summed E-state index contributed by atoms with van der Waals surface area (Å²) in [6.45, 7) is 0.634. The normalized spacial score (nSPS) is 15.5. The van der Waals surface area contributed by atoms with E-state index in [1.54, 1.807) is 12.3 Å². The second kappa shape index (κ2) is 9.62. The van der Waals surface area contributed by atoms with Crippen LogP contribution in [0.2, 0.25) is 5.15 Å². The number of ether oxygens (including phenoxy) is 1. The molecule has 1 aliphatic heterocycles. The largest absolute Gasteiger partial charge is 0.445 e. The summed E-state index contributed by atoms with van der Waals surface area (Å²) in [5.41, 5.74) is 3.01. The Morgan fingerprint density at radius 3 is 2.52 bits per heavy atom. The van der Waals surface area contributed by atoms with Gasteiger partial charge in [0.15, 0.2) is 5.15 Å². The van der Waals surface area contributed by atoms with Gasteiger partial charge < -0.3 is 10.1 Å². The van der Waals surface area contributed by atoms with E-state index in [9.17, 15) is 9.59 Å². The van der Waals surface area contributed by atoms with Gasteiger partial charge in [-0.05, 0) is 30.0 Å². The number of amides is 2. The molecular formula is C24H22ClN3O3. The molecule has 4 rings (SSSR count). The fourth-order valence-electron chi connectivity index (χ4n) is 3.68. The number of carbonyl (C=O) groups is 2. The van der Waals surface area contributed by atoms with Crippen LogP contribution < -0.4 is 5.32 Å². The van der Waals surface area contributed by atoms with Crippen molar-refractivity contribution in [2.24, 2.45) is 0 Å². The first-order valence-electron chi connectivity index (χ1n) is 10.1.